The van der Waals surface area contributed by atoms with Gasteiger partial charge in [-0.3, -0.25) is 4.90 Å². The van der Waals surface area contributed by atoms with Crippen LogP contribution in [0.2, 0.25) is 0 Å². The van der Waals surface area contributed by atoms with Crippen molar-refractivity contribution in [2.45, 2.75) is 85.3 Å². The van der Waals surface area contributed by atoms with E-state index in [0.29, 0.717) is 12.0 Å². The Bertz CT molecular complexity index is 488. The molecule has 27 heavy (non-hydrogen) atoms. The van der Waals surface area contributed by atoms with Crippen molar-refractivity contribution in [1.29, 1.82) is 0 Å². The van der Waals surface area contributed by atoms with Gasteiger partial charge in [0.15, 0.2) is 0 Å². The molecule has 0 radical (unpaired) electrons. The summed E-state index contributed by atoms with van der Waals surface area (Å²) in [5, 5.41) is 0. The van der Waals surface area contributed by atoms with Crippen LogP contribution in [0.3, 0.4) is 0 Å². The molecule has 1 saturated heterocycles. The molecule has 0 saturated carbocycles. The van der Waals surface area contributed by atoms with Gasteiger partial charge in [-0.05, 0) is 36.3 Å². The summed E-state index contributed by atoms with van der Waals surface area (Å²) in [6.07, 6.45) is 9.71. The third-order valence-corrected chi connectivity index (χ3v) is 6.77. The second-order valence-electron chi connectivity index (χ2n) is 8.88. The van der Waals surface area contributed by atoms with Gasteiger partial charge in [-0.1, -0.05) is 96.6 Å². The number of benzene rings is 1. The number of ether oxygens (including phenoxy) is 1. The number of nitrogens with zero attached hydrogens (tertiary/aromatic N) is 1. The van der Waals surface area contributed by atoms with Crippen LogP contribution < -0.4 is 0 Å². The summed E-state index contributed by atoms with van der Waals surface area (Å²) in [6, 6.07) is 11.1. The Morgan fingerprint density at radius 3 is 2.26 bits per heavy atom. The van der Waals surface area contributed by atoms with E-state index >= 15 is 0 Å². The van der Waals surface area contributed by atoms with E-state index in [2.05, 4.69) is 62.9 Å². The maximum absolute atomic E-state index is 6.17. The van der Waals surface area contributed by atoms with E-state index in [-0.39, 0.29) is 0 Å². The highest BCUT2D eigenvalue weighted by molar-refractivity contribution is 5.13. The Morgan fingerprint density at radius 2 is 1.56 bits per heavy atom. The molecule has 0 aliphatic carbocycles. The molecule has 1 fully saturated rings. The van der Waals surface area contributed by atoms with Crippen molar-refractivity contribution in [2.75, 3.05) is 19.7 Å². The van der Waals surface area contributed by atoms with Crippen molar-refractivity contribution in [2.24, 2.45) is 17.8 Å². The van der Waals surface area contributed by atoms with Gasteiger partial charge in [-0.25, -0.2) is 0 Å². The van der Waals surface area contributed by atoms with Gasteiger partial charge in [0.2, 0.25) is 0 Å². The summed E-state index contributed by atoms with van der Waals surface area (Å²) >= 11 is 0. The lowest BCUT2D eigenvalue weighted by molar-refractivity contribution is -0.0312. The first kappa shape index (κ1) is 22.4. The maximum Gasteiger partial charge on any atom is 0.0717 e. The second kappa shape index (κ2) is 12.6. The summed E-state index contributed by atoms with van der Waals surface area (Å²) < 4.78 is 6.17. The highest BCUT2D eigenvalue weighted by Gasteiger charge is 2.36. The van der Waals surface area contributed by atoms with Crippen molar-refractivity contribution in [3.63, 3.8) is 0 Å². The third-order valence-electron chi connectivity index (χ3n) is 6.77. The van der Waals surface area contributed by atoms with E-state index in [9.17, 15) is 0 Å². The summed E-state index contributed by atoms with van der Waals surface area (Å²) in [5.41, 5.74) is 1.28. The van der Waals surface area contributed by atoms with Gasteiger partial charge in [-0.15, -0.1) is 0 Å². The summed E-state index contributed by atoms with van der Waals surface area (Å²) in [5.74, 6) is 2.27. The fourth-order valence-electron chi connectivity index (χ4n) is 4.53. The lowest BCUT2D eigenvalue weighted by Crippen LogP contribution is -2.53. The first-order valence-corrected chi connectivity index (χ1v) is 11.5. The lowest BCUT2D eigenvalue weighted by atomic mass is 9.76. The van der Waals surface area contributed by atoms with Crippen LogP contribution in [-0.2, 0) is 11.3 Å². The molecule has 0 bridgehead atoms. The quantitative estimate of drug-likeness (QED) is 0.385. The van der Waals surface area contributed by atoms with Crippen LogP contribution >= 0.6 is 0 Å². The van der Waals surface area contributed by atoms with Crippen LogP contribution in [0, 0.1) is 17.8 Å². The zero-order valence-corrected chi connectivity index (χ0v) is 18.3. The molecule has 1 aliphatic heterocycles. The van der Waals surface area contributed by atoms with Gasteiger partial charge in [0.05, 0.1) is 13.2 Å². The number of unbranched alkanes of at least 4 members (excludes halogenated alkanes) is 6. The topological polar surface area (TPSA) is 12.5 Å². The monoisotopic (exact) mass is 373 g/mol. The van der Waals surface area contributed by atoms with E-state index in [1.165, 1.54) is 63.6 Å². The van der Waals surface area contributed by atoms with E-state index in [1.807, 2.05) is 0 Å². The van der Waals surface area contributed by atoms with Crippen LogP contribution in [0.4, 0.5) is 0 Å². The third kappa shape index (κ3) is 7.58. The number of piperidine rings is 1. The first-order valence-electron chi connectivity index (χ1n) is 11.5. The number of rotatable bonds is 12. The van der Waals surface area contributed by atoms with Gasteiger partial charge in [0, 0.05) is 12.6 Å². The molecule has 2 rings (SSSR count). The molecule has 0 aromatic heterocycles. The SMILES string of the molecule is CCCCCCCCCN1CC(C)C(C)C(C)C1COCc1ccccc1. The molecule has 4 atom stereocenters. The fraction of sp³-hybridized carbons (Fsp3) is 0.760. The predicted octanol–water partition coefficient (Wildman–Crippen LogP) is 6.55. The van der Waals surface area contributed by atoms with Gasteiger partial charge in [-0.2, -0.15) is 0 Å². The van der Waals surface area contributed by atoms with Crippen molar-refractivity contribution < 1.29 is 4.74 Å². The second-order valence-corrected chi connectivity index (χ2v) is 8.88. The molecule has 2 nitrogen and oxygen atoms in total. The Morgan fingerprint density at radius 1 is 0.889 bits per heavy atom. The number of likely N-dealkylation sites (tertiary alicyclic amines) is 1. The van der Waals surface area contributed by atoms with E-state index in [1.54, 1.807) is 0 Å². The van der Waals surface area contributed by atoms with Crippen molar-refractivity contribution in [3.05, 3.63) is 35.9 Å². The van der Waals surface area contributed by atoms with Gasteiger partial charge in [0.25, 0.3) is 0 Å². The van der Waals surface area contributed by atoms with E-state index in [0.717, 1.165) is 25.0 Å². The molecule has 154 valence electrons. The minimum atomic E-state index is 0.569. The molecule has 1 aliphatic rings. The summed E-state index contributed by atoms with van der Waals surface area (Å²) in [6.45, 7) is 13.7. The highest BCUT2D eigenvalue weighted by atomic mass is 16.5. The first-order chi connectivity index (χ1) is 13.1. The van der Waals surface area contributed by atoms with Crippen LogP contribution in [0.25, 0.3) is 0 Å². The molecule has 0 spiro atoms. The average Bonchev–Trinajstić information content (AvgIpc) is 2.68. The molecule has 0 amide bonds. The number of hydrogen-bond acceptors (Lipinski definition) is 2. The lowest BCUT2D eigenvalue weighted by Gasteiger charge is -2.46. The summed E-state index contributed by atoms with van der Waals surface area (Å²) in [7, 11) is 0. The normalized spacial score (nSPS) is 26.4. The molecule has 1 aromatic rings. The molecule has 2 heteroatoms. The predicted molar refractivity (Wildman–Crippen MR) is 117 cm³/mol. The van der Waals surface area contributed by atoms with Crippen LogP contribution in [-0.4, -0.2) is 30.6 Å². The van der Waals surface area contributed by atoms with E-state index in [4.69, 9.17) is 4.74 Å². The van der Waals surface area contributed by atoms with Crippen molar-refractivity contribution in [1.82, 2.24) is 4.90 Å². The molecule has 1 heterocycles. The van der Waals surface area contributed by atoms with Crippen LogP contribution in [0.1, 0.15) is 78.2 Å². The zero-order valence-electron chi connectivity index (χ0n) is 18.3. The Hall–Kier alpha value is -0.860. The van der Waals surface area contributed by atoms with Gasteiger partial charge >= 0.3 is 0 Å². The average molecular weight is 374 g/mol. The Kier molecular flexibility index (Phi) is 10.4. The van der Waals surface area contributed by atoms with Crippen molar-refractivity contribution in [3.8, 4) is 0 Å². The maximum atomic E-state index is 6.17. The Balaban J connectivity index is 1.78. The fourth-order valence-corrected chi connectivity index (χ4v) is 4.53. The molecular weight excluding hydrogens is 330 g/mol. The van der Waals surface area contributed by atoms with Gasteiger partial charge in [0.1, 0.15) is 0 Å². The van der Waals surface area contributed by atoms with Gasteiger partial charge < -0.3 is 4.74 Å². The standard InChI is InChI=1S/C25H43NO/c1-5-6-7-8-9-10-14-17-26-18-21(2)22(3)23(4)25(26)20-27-19-24-15-12-11-13-16-24/h11-13,15-16,21-23,25H,5-10,14,17-20H2,1-4H3. The highest BCUT2D eigenvalue weighted by Crippen LogP contribution is 2.33. The van der Waals surface area contributed by atoms with Crippen LogP contribution in [0.5, 0.6) is 0 Å². The largest absolute Gasteiger partial charge is 0.375 e. The number of hydrogen-bond donors (Lipinski definition) is 0. The minimum absolute atomic E-state index is 0.569. The zero-order chi connectivity index (χ0) is 19.5. The Labute approximate surface area is 168 Å². The molecule has 0 N–H and O–H groups in total. The summed E-state index contributed by atoms with van der Waals surface area (Å²) in [4.78, 5) is 2.74. The van der Waals surface area contributed by atoms with Crippen molar-refractivity contribution >= 4 is 0 Å². The molecule has 4 unspecified atom stereocenters. The molecular formula is C25H43NO. The smallest absolute Gasteiger partial charge is 0.0717 e. The molecule has 1 aromatic carbocycles. The van der Waals surface area contributed by atoms with E-state index < -0.39 is 0 Å². The minimum Gasteiger partial charge on any atom is -0.375 e. The van der Waals surface area contributed by atoms with Crippen LogP contribution in [0.15, 0.2) is 30.3 Å².